The molecule has 0 aliphatic heterocycles. The third-order valence-corrected chi connectivity index (χ3v) is 3.28. The maximum atomic E-state index is 4.18. The SMILES string of the molecule is Ic1ccc2nnn(CC3CC3)c2c1. The summed E-state index contributed by atoms with van der Waals surface area (Å²) < 4.78 is 3.28. The van der Waals surface area contributed by atoms with E-state index in [0.717, 1.165) is 18.0 Å². The van der Waals surface area contributed by atoms with Crippen molar-refractivity contribution in [1.29, 1.82) is 0 Å². The van der Waals surface area contributed by atoms with E-state index < -0.39 is 0 Å². The Balaban J connectivity index is 2.08. The van der Waals surface area contributed by atoms with Crippen LogP contribution in [0.4, 0.5) is 0 Å². The van der Waals surface area contributed by atoms with Crippen LogP contribution < -0.4 is 0 Å². The Morgan fingerprint density at radius 2 is 2.29 bits per heavy atom. The first-order chi connectivity index (χ1) is 6.83. The molecule has 0 unspecified atom stereocenters. The van der Waals surface area contributed by atoms with Crippen molar-refractivity contribution < 1.29 is 0 Å². The average Bonchev–Trinajstić information content (AvgIpc) is 2.90. The Bertz CT molecular complexity index is 473. The number of fused-ring (bicyclic) bond motifs is 1. The summed E-state index contributed by atoms with van der Waals surface area (Å²) in [5.41, 5.74) is 2.18. The minimum atomic E-state index is 0.845. The van der Waals surface area contributed by atoms with Crippen molar-refractivity contribution in [2.75, 3.05) is 0 Å². The van der Waals surface area contributed by atoms with Crippen molar-refractivity contribution in [1.82, 2.24) is 15.0 Å². The molecule has 0 atom stereocenters. The molecule has 3 rings (SSSR count). The number of aromatic nitrogens is 3. The minimum Gasteiger partial charge on any atom is -0.244 e. The van der Waals surface area contributed by atoms with E-state index in [2.05, 4.69) is 45.0 Å². The van der Waals surface area contributed by atoms with E-state index in [1.807, 2.05) is 10.7 Å². The van der Waals surface area contributed by atoms with Crippen LogP contribution in [0.1, 0.15) is 12.8 Å². The highest BCUT2D eigenvalue weighted by Gasteiger charge is 2.22. The molecule has 1 fully saturated rings. The highest BCUT2D eigenvalue weighted by molar-refractivity contribution is 14.1. The molecule has 0 bridgehead atoms. The molecule has 4 heteroatoms. The Labute approximate surface area is 95.6 Å². The van der Waals surface area contributed by atoms with Gasteiger partial charge in [-0.2, -0.15) is 0 Å². The Morgan fingerprint density at radius 3 is 3.07 bits per heavy atom. The van der Waals surface area contributed by atoms with Crippen molar-refractivity contribution >= 4 is 33.6 Å². The van der Waals surface area contributed by atoms with Crippen LogP contribution >= 0.6 is 22.6 Å². The monoisotopic (exact) mass is 299 g/mol. The lowest BCUT2D eigenvalue weighted by Gasteiger charge is -1.99. The zero-order valence-corrected chi connectivity index (χ0v) is 9.81. The largest absolute Gasteiger partial charge is 0.244 e. The average molecular weight is 299 g/mol. The summed E-state index contributed by atoms with van der Waals surface area (Å²) in [7, 11) is 0. The number of nitrogens with zero attached hydrogens (tertiary/aromatic N) is 3. The van der Waals surface area contributed by atoms with Crippen LogP contribution in [-0.4, -0.2) is 15.0 Å². The van der Waals surface area contributed by atoms with Crippen molar-refractivity contribution in [3.05, 3.63) is 21.8 Å². The maximum Gasteiger partial charge on any atom is 0.113 e. The van der Waals surface area contributed by atoms with Crippen molar-refractivity contribution in [2.45, 2.75) is 19.4 Å². The summed E-state index contributed by atoms with van der Waals surface area (Å²) in [4.78, 5) is 0. The molecule has 0 saturated heterocycles. The van der Waals surface area contributed by atoms with Crippen LogP contribution in [0.25, 0.3) is 11.0 Å². The Hall–Kier alpha value is -0.650. The first-order valence-electron chi connectivity index (χ1n) is 4.82. The Morgan fingerprint density at radius 1 is 1.43 bits per heavy atom. The van der Waals surface area contributed by atoms with Gasteiger partial charge in [-0.15, -0.1) is 5.10 Å². The topological polar surface area (TPSA) is 30.7 Å². The predicted octanol–water partition coefficient (Wildman–Crippen LogP) is 2.45. The van der Waals surface area contributed by atoms with Crippen LogP contribution in [0.2, 0.25) is 0 Å². The molecule has 1 aromatic carbocycles. The lowest BCUT2D eigenvalue weighted by Crippen LogP contribution is -2.01. The van der Waals surface area contributed by atoms with E-state index in [-0.39, 0.29) is 0 Å². The molecule has 1 aliphatic carbocycles. The van der Waals surface area contributed by atoms with Crippen molar-refractivity contribution in [3.63, 3.8) is 0 Å². The number of rotatable bonds is 2. The van der Waals surface area contributed by atoms with Crippen molar-refractivity contribution in [3.8, 4) is 0 Å². The van der Waals surface area contributed by atoms with Gasteiger partial charge in [-0.25, -0.2) is 4.68 Å². The predicted molar refractivity (Wildman–Crippen MR) is 63.0 cm³/mol. The molecule has 1 saturated carbocycles. The molecule has 1 aliphatic rings. The van der Waals surface area contributed by atoms with E-state index in [1.54, 1.807) is 0 Å². The highest BCUT2D eigenvalue weighted by Crippen LogP contribution is 2.31. The zero-order valence-electron chi connectivity index (χ0n) is 7.65. The molecule has 2 aromatic rings. The van der Waals surface area contributed by atoms with Gasteiger partial charge < -0.3 is 0 Å². The van der Waals surface area contributed by atoms with Crippen molar-refractivity contribution in [2.24, 2.45) is 5.92 Å². The number of hydrogen-bond donors (Lipinski definition) is 0. The van der Waals surface area contributed by atoms with Gasteiger partial charge in [0.1, 0.15) is 5.52 Å². The van der Waals surface area contributed by atoms with Gasteiger partial charge in [-0.1, -0.05) is 5.21 Å². The molecule has 3 nitrogen and oxygen atoms in total. The van der Waals surface area contributed by atoms with E-state index in [0.29, 0.717) is 0 Å². The third kappa shape index (κ3) is 1.51. The summed E-state index contributed by atoms with van der Waals surface area (Å²) in [5.74, 6) is 0.845. The van der Waals surface area contributed by atoms with Gasteiger partial charge in [0.15, 0.2) is 0 Å². The molecule has 0 spiro atoms. The first-order valence-corrected chi connectivity index (χ1v) is 5.89. The fourth-order valence-electron chi connectivity index (χ4n) is 1.62. The maximum absolute atomic E-state index is 4.18. The molecule has 0 N–H and O–H groups in total. The number of benzene rings is 1. The quantitative estimate of drug-likeness (QED) is 0.798. The highest BCUT2D eigenvalue weighted by atomic mass is 127. The molecule has 1 aromatic heterocycles. The summed E-state index contributed by atoms with van der Waals surface area (Å²) in [6, 6.07) is 6.25. The summed E-state index contributed by atoms with van der Waals surface area (Å²) in [6.07, 6.45) is 2.70. The summed E-state index contributed by atoms with van der Waals surface area (Å²) in [5, 5.41) is 8.33. The molecule has 14 heavy (non-hydrogen) atoms. The van der Waals surface area contributed by atoms with Crippen LogP contribution in [0.5, 0.6) is 0 Å². The molecular weight excluding hydrogens is 289 g/mol. The normalized spacial score (nSPS) is 16.4. The fraction of sp³-hybridized carbons (Fsp3) is 0.400. The lowest BCUT2D eigenvalue weighted by atomic mass is 10.3. The van der Waals surface area contributed by atoms with Crippen LogP contribution in [0, 0.1) is 9.49 Å². The summed E-state index contributed by atoms with van der Waals surface area (Å²) >= 11 is 2.32. The van der Waals surface area contributed by atoms with Crippen LogP contribution in [-0.2, 0) is 6.54 Å². The number of halogens is 1. The number of hydrogen-bond acceptors (Lipinski definition) is 2. The van der Waals surface area contributed by atoms with Gasteiger partial charge in [0.05, 0.1) is 5.52 Å². The molecule has 0 amide bonds. The Kier molecular flexibility index (Phi) is 1.97. The molecule has 72 valence electrons. The fourth-order valence-corrected chi connectivity index (χ4v) is 2.09. The van der Waals surface area contributed by atoms with Gasteiger partial charge in [-0.05, 0) is 59.5 Å². The van der Waals surface area contributed by atoms with Gasteiger partial charge in [0.2, 0.25) is 0 Å². The first kappa shape index (κ1) is 8.64. The molecule has 0 radical (unpaired) electrons. The van der Waals surface area contributed by atoms with Gasteiger partial charge >= 0.3 is 0 Å². The van der Waals surface area contributed by atoms with E-state index in [9.17, 15) is 0 Å². The third-order valence-electron chi connectivity index (χ3n) is 2.60. The van der Waals surface area contributed by atoms with E-state index in [4.69, 9.17) is 0 Å². The molecule has 1 heterocycles. The van der Waals surface area contributed by atoms with Crippen LogP contribution in [0.15, 0.2) is 18.2 Å². The second kappa shape index (κ2) is 3.18. The van der Waals surface area contributed by atoms with Gasteiger partial charge in [-0.3, -0.25) is 0 Å². The second-order valence-electron chi connectivity index (χ2n) is 3.85. The minimum absolute atomic E-state index is 0.845. The summed E-state index contributed by atoms with van der Waals surface area (Å²) in [6.45, 7) is 1.04. The lowest BCUT2D eigenvalue weighted by molar-refractivity contribution is 0.559. The standard InChI is InChI=1S/C10H10IN3/c11-8-3-4-9-10(5-8)14(13-12-9)6-7-1-2-7/h3-5,7H,1-2,6H2. The van der Waals surface area contributed by atoms with Gasteiger partial charge in [0, 0.05) is 10.1 Å². The van der Waals surface area contributed by atoms with Gasteiger partial charge in [0.25, 0.3) is 0 Å². The molecular formula is C10H10IN3. The zero-order chi connectivity index (χ0) is 9.54. The second-order valence-corrected chi connectivity index (χ2v) is 5.09. The van der Waals surface area contributed by atoms with E-state index >= 15 is 0 Å². The smallest absolute Gasteiger partial charge is 0.113 e. The van der Waals surface area contributed by atoms with Crippen LogP contribution in [0.3, 0.4) is 0 Å². The van der Waals surface area contributed by atoms with E-state index in [1.165, 1.54) is 21.9 Å².